The summed E-state index contributed by atoms with van der Waals surface area (Å²) in [5.74, 6) is 2.92. The fraction of sp³-hybridized carbons (Fsp3) is 0.633. The minimum atomic E-state index is -0.0653. The predicted molar refractivity (Wildman–Crippen MR) is 127 cm³/mol. The molecular weight excluding hydrogens is 374 g/mol. The lowest BCUT2D eigenvalue weighted by atomic mass is 9.37. The van der Waals surface area contributed by atoms with Crippen molar-refractivity contribution in [3.63, 3.8) is 0 Å². The average Bonchev–Trinajstić information content (AvgIpc) is 3.52. The third-order valence-corrected chi connectivity index (χ3v) is 11.9. The van der Waals surface area contributed by atoms with Crippen molar-refractivity contribution in [2.45, 2.75) is 66.7 Å². The second kappa shape index (κ2) is 5.57. The van der Waals surface area contributed by atoms with E-state index in [0.29, 0.717) is 35.0 Å². The molecule has 0 radical (unpaired) electrons. The van der Waals surface area contributed by atoms with Gasteiger partial charge in [0, 0.05) is 16.7 Å². The van der Waals surface area contributed by atoms with Crippen molar-refractivity contribution in [3.05, 3.63) is 59.3 Å². The van der Waals surface area contributed by atoms with E-state index >= 15 is 0 Å². The van der Waals surface area contributed by atoms with Crippen molar-refractivity contribution in [2.24, 2.45) is 51.2 Å². The summed E-state index contributed by atoms with van der Waals surface area (Å²) < 4.78 is 0. The van der Waals surface area contributed by atoms with E-state index in [1.807, 2.05) is 0 Å². The predicted octanol–water partition coefficient (Wildman–Crippen LogP) is 7.56. The topological polar surface area (TPSA) is 23.8 Å². The Morgan fingerprint density at radius 3 is 2.58 bits per heavy atom. The van der Waals surface area contributed by atoms with Crippen LogP contribution in [0, 0.1) is 62.6 Å². The molecule has 0 amide bonds. The summed E-state index contributed by atoms with van der Waals surface area (Å²) in [4.78, 5) is 0. The summed E-state index contributed by atoms with van der Waals surface area (Å²) >= 11 is 0. The van der Waals surface area contributed by atoms with Crippen LogP contribution in [0.1, 0.15) is 66.7 Å². The molecule has 0 aromatic rings. The summed E-state index contributed by atoms with van der Waals surface area (Å²) in [6.07, 6.45) is 13.9. The van der Waals surface area contributed by atoms with E-state index in [4.69, 9.17) is 6.58 Å². The van der Waals surface area contributed by atoms with Crippen molar-refractivity contribution < 1.29 is 0 Å². The van der Waals surface area contributed by atoms with Gasteiger partial charge in [0.25, 0.3) is 0 Å². The van der Waals surface area contributed by atoms with Gasteiger partial charge in [-0.05, 0) is 77.8 Å². The van der Waals surface area contributed by atoms with Crippen LogP contribution in [-0.4, -0.2) is 0 Å². The van der Waals surface area contributed by atoms with E-state index in [1.165, 1.54) is 37.7 Å². The van der Waals surface area contributed by atoms with Gasteiger partial charge in [0.15, 0.2) is 0 Å². The van der Waals surface area contributed by atoms with Crippen LogP contribution in [0.3, 0.4) is 0 Å². The van der Waals surface area contributed by atoms with Crippen LogP contribution in [0.15, 0.2) is 59.3 Å². The van der Waals surface area contributed by atoms with Crippen molar-refractivity contribution in [1.29, 1.82) is 5.26 Å². The number of allylic oxidation sites excluding steroid dienone is 8. The Labute approximate surface area is 188 Å². The molecule has 31 heavy (non-hydrogen) atoms. The van der Waals surface area contributed by atoms with Gasteiger partial charge in [0.1, 0.15) is 0 Å². The smallest absolute Gasteiger partial charge is 0.0991 e. The molecule has 0 aromatic carbocycles. The zero-order valence-electron chi connectivity index (χ0n) is 20.0. The van der Waals surface area contributed by atoms with E-state index in [1.54, 1.807) is 11.1 Å². The van der Waals surface area contributed by atoms with Crippen molar-refractivity contribution in [3.8, 4) is 6.07 Å². The Kier molecular flexibility index (Phi) is 3.56. The number of hydrogen-bond donors (Lipinski definition) is 0. The summed E-state index contributed by atoms with van der Waals surface area (Å²) in [7, 11) is 0. The molecule has 3 fully saturated rings. The third-order valence-electron chi connectivity index (χ3n) is 11.9. The monoisotopic (exact) mass is 411 g/mol. The Morgan fingerprint density at radius 2 is 1.90 bits per heavy atom. The van der Waals surface area contributed by atoms with Crippen LogP contribution in [-0.2, 0) is 0 Å². The molecule has 0 aliphatic heterocycles. The molecule has 6 aliphatic carbocycles. The molecule has 1 spiro atoms. The maximum atomic E-state index is 9.88. The molecule has 1 heteroatoms. The van der Waals surface area contributed by atoms with Crippen molar-refractivity contribution in [1.82, 2.24) is 0 Å². The first kappa shape index (κ1) is 19.8. The molecule has 6 aliphatic rings. The maximum Gasteiger partial charge on any atom is 0.0991 e. The molecule has 9 atom stereocenters. The van der Waals surface area contributed by atoms with Crippen LogP contribution in [0.5, 0.6) is 0 Å². The molecule has 0 saturated heterocycles. The Balaban J connectivity index is 1.56. The minimum absolute atomic E-state index is 0.0653. The highest BCUT2D eigenvalue weighted by Gasteiger charge is 2.76. The minimum Gasteiger partial charge on any atom is -0.192 e. The van der Waals surface area contributed by atoms with Crippen molar-refractivity contribution >= 4 is 0 Å². The third kappa shape index (κ3) is 1.85. The number of nitriles is 1. The summed E-state index contributed by atoms with van der Waals surface area (Å²) in [5.41, 5.74) is 7.41. The molecular formula is C30H37N. The normalized spacial score (nSPS) is 53.8. The zero-order valence-corrected chi connectivity index (χ0v) is 20.0. The van der Waals surface area contributed by atoms with Crippen molar-refractivity contribution in [2.75, 3.05) is 0 Å². The number of rotatable bonds is 1. The van der Waals surface area contributed by atoms with E-state index in [2.05, 4.69) is 65.5 Å². The van der Waals surface area contributed by atoms with Gasteiger partial charge in [-0.3, -0.25) is 0 Å². The average molecular weight is 412 g/mol. The molecule has 9 unspecified atom stereocenters. The summed E-state index contributed by atoms with van der Waals surface area (Å²) in [5, 5.41) is 9.88. The van der Waals surface area contributed by atoms with Gasteiger partial charge in [0.05, 0.1) is 11.6 Å². The van der Waals surface area contributed by atoms with Gasteiger partial charge in [-0.25, -0.2) is 0 Å². The fourth-order valence-electron chi connectivity index (χ4n) is 10.4. The van der Waals surface area contributed by atoms with E-state index in [-0.39, 0.29) is 16.2 Å². The lowest BCUT2D eigenvalue weighted by Gasteiger charge is -2.66. The zero-order chi connectivity index (χ0) is 22.1. The largest absolute Gasteiger partial charge is 0.192 e. The second-order valence-corrected chi connectivity index (χ2v) is 12.3. The first-order valence-electron chi connectivity index (χ1n) is 12.6. The van der Waals surface area contributed by atoms with Gasteiger partial charge >= 0.3 is 0 Å². The Morgan fingerprint density at radius 1 is 1.16 bits per heavy atom. The molecule has 6 rings (SSSR count). The number of fused-ring (bicyclic) bond motifs is 7. The molecule has 162 valence electrons. The molecule has 2 bridgehead atoms. The lowest BCUT2D eigenvalue weighted by Crippen LogP contribution is -2.59. The summed E-state index contributed by atoms with van der Waals surface area (Å²) in [6.45, 7) is 21.4. The molecule has 0 heterocycles. The Hall–Kier alpha value is -1.81. The van der Waals surface area contributed by atoms with Crippen LogP contribution in [0.2, 0.25) is 0 Å². The van der Waals surface area contributed by atoms with Crippen LogP contribution in [0.25, 0.3) is 0 Å². The van der Waals surface area contributed by atoms with E-state index < -0.39 is 0 Å². The van der Waals surface area contributed by atoms with E-state index in [0.717, 1.165) is 11.1 Å². The van der Waals surface area contributed by atoms with Crippen LogP contribution >= 0.6 is 0 Å². The lowest BCUT2D eigenvalue weighted by molar-refractivity contribution is -0.0714. The quantitative estimate of drug-likeness (QED) is 0.408. The number of hydrogen-bond acceptors (Lipinski definition) is 1. The van der Waals surface area contributed by atoms with Gasteiger partial charge in [-0.1, -0.05) is 77.2 Å². The van der Waals surface area contributed by atoms with Gasteiger partial charge < -0.3 is 0 Å². The molecule has 0 N–H and O–H groups in total. The number of nitrogens with zero attached hydrogens (tertiary/aromatic N) is 1. The first-order valence-corrected chi connectivity index (χ1v) is 12.6. The highest BCUT2D eigenvalue weighted by molar-refractivity contribution is 5.59. The highest BCUT2D eigenvalue weighted by Crippen LogP contribution is 2.83. The molecule has 1 nitrogen and oxygen atoms in total. The van der Waals surface area contributed by atoms with Gasteiger partial charge in [0.2, 0.25) is 0 Å². The van der Waals surface area contributed by atoms with Crippen LogP contribution < -0.4 is 0 Å². The summed E-state index contributed by atoms with van der Waals surface area (Å²) in [6, 6.07) is 2.48. The second-order valence-electron chi connectivity index (χ2n) is 12.3. The molecule has 0 aromatic heterocycles. The molecule has 3 saturated carbocycles. The fourth-order valence-corrected chi connectivity index (χ4v) is 10.4. The maximum absolute atomic E-state index is 9.88. The highest BCUT2D eigenvalue weighted by atomic mass is 14.8. The van der Waals surface area contributed by atoms with E-state index in [9.17, 15) is 5.26 Å². The van der Waals surface area contributed by atoms with Crippen LogP contribution in [0.4, 0.5) is 0 Å². The Bertz CT molecular complexity index is 1080. The SMILES string of the molecule is C=C1C(C#N)=CC2(C)C3=CC(=C)C45C6C=C6C(CC)(CCC4C3(C)CCC2C1C)C5C. The standard InChI is InChI=1S/C30H37N/c1-8-29-12-10-25-27(6)11-9-22-19(4)18(3)21(16-31)15-28(22,7)26(27)13-17(2)30(25,20(29)5)24-14-23(24)29/h13-15,19-20,22,24-25H,2-3,8-12H2,1,4-7H3. The van der Waals surface area contributed by atoms with Gasteiger partial charge in [-0.2, -0.15) is 5.26 Å². The first-order chi connectivity index (χ1) is 14.6. The van der Waals surface area contributed by atoms with Gasteiger partial charge in [-0.15, -0.1) is 0 Å².